The molecular weight excluding hydrogens is 451 g/mol. The molecule has 174 valence electrons. The van der Waals surface area contributed by atoms with Crippen LogP contribution in [0.25, 0.3) is 11.0 Å². The molecule has 32 heavy (non-hydrogen) atoms. The highest BCUT2D eigenvalue weighted by Gasteiger charge is 2.19. The zero-order valence-corrected chi connectivity index (χ0v) is 19.7. The van der Waals surface area contributed by atoms with Crippen LogP contribution in [0.2, 0.25) is 0 Å². The molecule has 3 aromatic rings. The summed E-state index contributed by atoms with van der Waals surface area (Å²) in [6.07, 6.45) is -0.578. The van der Waals surface area contributed by atoms with Crippen LogP contribution in [0.3, 0.4) is 0 Å². The van der Waals surface area contributed by atoms with Crippen molar-refractivity contribution < 1.29 is 14.3 Å². The molecule has 0 bridgehead atoms. The Morgan fingerprint density at radius 3 is 2.41 bits per heavy atom. The molecule has 0 aliphatic carbocycles. The number of hydrogen-bond donors (Lipinski definition) is 1. The molecule has 6 nitrogen and oxygen atoms in total. The third-order valence-corrected chi connectivity index (χ3v) is 5.55. The fourth-order valence-corrected chi connectivity index (χ4v) is 3.91. The molecule has 1 atom stereocenters. The van der Waals surface area contributed by atoms with Crippen molar-refractivity contribution in [2.75, 3.05) is 39.3 Å². The van der Waals surface area contributed by atoms with Crippen molar-refractivity contribution in [3.63, 3.8) is 0 Å². The maximum atomic E-state index is 11.6. The molecule has 1 saturated heterocycles. The molecule has 1 N–H and O–H groups in total. The van der Waals surface area contributed by atoms with E-state index in [2.05, 4.69) is 34.1 Å². The molecule has 4 rings (SSSR count). The Balaban J connectivity index is 0.00000181. The minimum atomic E-state index is -0.578. The van der Waals surface area contributed by atoms with Gasteiger partial charge in [-0.05, 0) is 30.2 Å². The topological polar surface area (TPSA) is 66.2 Å². The van der Waals surface area contributed by atoms with Crippen LogP contribution in [0, 0.1) is 6.92 Å². The van der Waals surface area contributed by atoms with E-state index in [-0.39, 0.29) is 37.0 Å². The minimum Gasteiger partial charge on any atom is -0.491 e. The minimum absolute atomic E-state index is 0. The summed E-state index contributed by atoms with van der Waals surface area (Å²) < 4.78 is 11.0. The zero-order valence-electron chi connectivity index (χ0n) is 18.1. The van der Waals surface area contributed by atoms with E-state index in [1.54, 1.807) is 6.07 Å². The summed E-state index contributed by atoms with van der Waals surface area (Å²) in [5.41, 5.74) is 2.34. The van der Waals surface area contributed by atoms with Gasteiger partial charge in [0.15, 0.2) is 0 Å². The number of aryl methyl sites for hydroxylation is 1. The third kappa shape index (κ3) is 6.95. The van der Waals surface area contributed by atoms with Gasteiger partial charge in [0.2, 0.25) is 0 Å². The summed E-state index contributed by atoms with van der Waals surface area (Å²) >= 11 is 0. The summed E-state index contributed by atoms with van der Waals surface area (Å²) in [7, 11) is 0. The Labute approximate surface area is 200 Å². The van der Waals surface area contributed by atoms with Crippen molar-refractivity contribution in [1.82, 2.24) is 9.80 Å². The van der Waals surface area contributed by atoms with E-state index in [9.17, 15) is 9.90 Å². The van der Waals surface area contributed by atoms with Crippen LogP contribution >= 0.6 is 24.8 Å². The van der Waals surface area contributed by atoms with Crippen molar-refractivity contribution in [1.29, 1.82) is 0 Å². The third-order valence-electron chi connectivity index (χ3n) is 5.55. The number of piperazine rings is 1. The number of halogens is 2. The first kappa shape index (κ1) is 26.2. The van der Waals surface area contributed by atoms with Gasteiger partial charge in [0.25, 0.3) is 0 Å². The first-order valence-electron chi connectivity index (χ1n) is 10.4. The Bertz CT molecular complexity index is 1040. The molecule has 1 unspecified atom stereocenters. The Kier molecular flexibility index (Phi) is 10.0. The molecule has 1 aliphatic rings. The van der Waals surface area contributed by atoms with E-state index in [1.807, 2.05) is 25.1 Å². The summed E-state index contributed by atoms with van der Waals surface area (Å²) in [4.78, 5) is 16.3. The highest BCUT2D eigenvalue weighted by Crippen LogP contribution is 2.22. The van der Waals surface area contributed by atoms with E-state index in [0.29, 0.717) is 17.9 Å². The molecule has 0 radical (unpaired) electrons. The first-order chi connectivity index (χ1) is 14.6. The van der Waals surface area contributed by atoms with Gasteiger partial charge in [-0.3, -0.25) is 9.80 Å². The molecule has 2 heterocycles. The van der Waals surface area contributed by atoms with Crippen LogP contribution in [-0.4, -0.2) is 60.3 Å². The summed E-state index contributed by atoms with van der Waals surface area (Å²) in [6.45, 7) is 7.49. The molecule has 8 heteroatoms. The number of hydrogen-bond acceptors (Lipinski definition) is 6. The van der Waals surface area contributed by atoms with Crippen molar-refractivity contribution >= 4 is 35.8 Å². The Hall–Kier alpha value is -2.09. The van der Waals surface area contributed by atoms with Crippen LogP contribution in [0.4, 0.5) is 0 Å². The fraction of sp³-hybridized carbons (Fsp3) is 0.375. The zero-order chi connectivity index (χ0) is 20.9. The van der Waals surface area contributed by atoms with E-state index in [1.165, 1.54) is 11.6 Å². The normalized spacial score (nSPS) is 15.6. The smallest absolute Gasteiger partial charge is 0.336 e. The predicted octanol–water partition coefficient (Wildman–Crippen LogP) is 3.50. The van der Waals surface area contributed by atoms with Crippen LogP contribution < -0.4 is 10.4 Å². The molecule has 0 spiro atoms. The maximum absolute atomic E-state index is 11.6. The van der Waals surface area contributed by atoms with Crippen molar-refractivity contribution in [3.8, 4) is 5.75 Å². The lowest BCUT2D eigenvalue weighted by Crippen LogP contribution is -2.48. The van der Waals surface area contributed by atoms with Gasteiger partial charge in [-0.2, -0.15) is 0 Å². The molecule has 0 amide bonds. The van der Waals surface area contributed by atoms with Gasteiger partial charge in [-0.25, -0.2) is 4.79 Å². The summed E-state index contributed by atoms with van der Waals surface area (Å²) in [5.74, 6) is 0.586. The van der Waals surface area contributed by atoms with Crippen molar-refractivity contribution in [3.05, 3.63) is 76.1 Å². The van der Waals surface area contributed by atoms with E-state index in [4.69, 9.17) is 9.15 Å². The molecule has 1 fully saturated rings. The first-order valence-corrected chi connectivity index (χ1v) is 10.4. The molecular formula is C24H30Cl2N2O4. The van der Waals surface area contributed by atoms with Gasteiger partial charge >= 0.3 is 5.63 Å². The average Bonchev–Trinajstić information content (AvgIpc) is 2.74. The van der Waals surface area contributed by atoms with Crippen LogP contribution in [0.5, 0.6) is 5.75 Å². The highest BCUT2D eigenvalue weighted by atomic mass is 35.5. The van der Waals surface area contributed by atoms with Gasteiger partial charge in [-0.1, -0.05) is 30.3 Å². The van der Waals surface area contributed by atoms with Gasteiger partial charge in [0.1, 0.15) is 24.0 Å². The number of nitrogens with zero attached hydrogens (tertiary/aromatic N) is 2. The lowest BCUT2D eigenvalue weighted by Gasteiger charge is -2.35. The van der Waals surface area contributed by atoms with Crippen LogP contribution in [0.1, 0.15) is 11.1 Å². The standard InChI is InChI=1S/C24H28N2O4.2ClH/c1-18-13-24(28)30-23-14-21(7-8-22(18)23)29-17-20(27)16-26-11-9-25(10-12-26)15-19-5-3-2-4-6-19;;/h2-8,13-14,20,27H,9-12,15-17H2,1H3;2*1H. The second-order valence-corrected chi connectivity index (χ2v) is 7.93. The largest absolute Gasteiger partial charge is 0.491 e. The number of fused-ring (bicyclic) bond motifs is 1. The fourth-order valence-electron chi connectivity index (χ4n) is 3.91. The van der Waals surface area contributed by atoms with E-state index >= 15 is 0 Å². The Morgan fingerprint density at radius 2 is 1.69 bits per heavy atom. The van der Waals surface area contributed by atoms with Crippen molar-refractivity contribution in [2.45, 2.75) is 19.6 Å². The monoisotopic (exact) mass is 480 g/mol. The number of aliphatic hydroxyl groups excluding tert-OH is 1. The van der Waals surface area contributed by atoms with Gasteiger partial charge in [0.05, 0.1) is 0 Å². The van der Waals surface area contributed by atoms with E-state index < -0.39 is 6.10 Å². The molecule has 0 saturated carbocycles. The number of rotatable bonds is 7. The predicted molar refractivity (Wildman–Crippen MR) is 131 cm³/mol. The number of β-amino-alcohol motifs (C(OH)–C–C–N with tert-alkyl or cyclic N) is 1. The lowest BCUT2D eigenvalue weighted by molar-refractivity contribution is 0.0446. The highest BCUT2D eigenvalue weighted by molar-refractivity contribution is 5.85. The van der Waals surface area contributed by atoms with Gasteiger partial charge < -0.3 is 14.3 Å². The SMILES string of the molecule is Cc1cc(=O)oc2cc(OCC(O)CN3CCN(Cc4ccccc4)CC3)ccc12.Cl.Cl. The number of benzene rings is 2. The van der Waals surface area contributed by atoms with Crippen LogP contribution in [-0.2, 0) is 6.54 Å². The quantitative estimate of drug-likeness (QED) is 0.522. The molecule has 1 aromatic heterocycles. The molecule has 2 aromatic carbocycles. The van der Waals surface area contributed by atoms with Crippen molar-refractivity contribution in [2.24, 2.45) is 0 Å². The summed E-state index contributed by atoms with van der Waals surface area (Å²) in [5, 5.41) is 11.3. The van der Waals surface area contributed by atoms with Crippen LogP contribution in [0.15, 0.2) is 63.8 Å². The number of ether oxygens (including phenoxy) is 1. The van der Waals surface area contributed by atoms with E-state index in [0.717, 1.165) is 43.7 Å². The summed E-state index contributed by atoms with van der Waals surface area (Å²) in [6, 6.07) is 17.4. The Morgan fingerprint density at radius 1 is 1.00 bits per heavy atom. The number of aliphatic hydroxyl groups is 1. The van der Waals surface area contributed by atoms with Gasteiger partial charge in [-0.15, -0.1) is 24.8 Å². The van der Waals surface area contributed by atoms with Gasteiger partial charge in [0, 0.05) is 56.8 Å². The molecule has 1 aliphatic heterocycles. The second-order valence-electron chi connectivity index (χ2n) is 7.93. The second kappa shape index (κ2) is 12.2. The lowest BCUT2D eigenvalue weighted by atomic mass is 10.1. The average molecular weight is 481 g/mol. The maximum Gasteiger partial charge on any atom is 0.336 e.